The minimum Gasteiger partial charge on any atom is -0.462 e. The maximum absolute atomic E-state index is 5.83. The number of furan rings is 1. The zero-order chi connectivity index (χ0) is 15.1. The van der Waals surface area contributed by atoms with Gasteiger partial charge in [0.1, 0.15) is 18.1 Å². The number of halogens is 1. The van der Waals surface area contributed by atoms with Crippen molar-refractivity contribution in [3.8, 4) is 0 Å². The SMILES string of the molecule is CCCNCc1oc(COCc2ccccc2Br)cc1C. The predicted octanol–water partition coefficient (Wildman–Crippen LogP) is 4.57. The summed E-state index contributed by atoms with van der Waals surface area (Å²) in [6.45, 7) is 7.09. The molecular formula is C17H22BrNO2. The van der Waals surface area contributed by atoms with Gasteiger partial charge in [0.15, 0.2) is 0 Å². The number of rotatable bonds is 8. The lowest BCUT2D eigenvalue weighted by Gasteiger charge is -2.05. The molecule has 0 atom stereocenters. The molecule has 2 aromatic rings. The van der Waals surface area contributed by atoms with E-state index in [-0.39, 0.29) is 0 Å². The van der Waals surface area contributed by atoms with Crippen LogP contribution in [0.1, 0.15) is 36.0 Å². The van der Waals surface area contributed by atoms with Crippen LogP contribution in [0.5, 0.6) is 0 Å². The monoisotopic (exact) mass is 351 g/mol. The molecule has 3 nitrogen and oxygen atoms in total. The van der Waals surface area contributed by atoms with Crippen LogP contribution in [0, 0.1) is 6.92 Å². The van der Waals surface area contributed by atoms with Crippen LogP contribution in [0.4, 0.5) is 0 Å². The van der Waals surface area contributed by atoms with E-state index in [1.165, 1.54) is 5.56 Å². The van der Waals surface area contributed by atoms with Crippen LogP contribution in [-0.2, 0) is 24.5 Å². The van der Waals surface area contributed by atoms with Gasteiger partial charge in [-0.25, -0.2) is 0 Å². The Kier molecular flexibility index (Phi) is 6.49. The summed E-state index contributed by atoms with van der Waals surface area (Å²) >= 11 is 3.52. The molecule has 0 aliphatic rings. The molecule has 1 aromatic heterocycles. The van der Waals surface area contributed by atoms with E-state index in [1.54, 1.807) is 0 Å². The van der Waals surface area contributed by atoms with Crippen LogP contribution in [-0.4, -0.2) is 6.54 Å². The van der Waals surface area contributed by atoms with E-state index in [0.29, 0.717) is 13.2 Å². The molecule has 0 bridgehead atoms. The van der Waals surface area contributed by atoms with E-state index >= 15 is 0 Å². The van der Waals surface area contributed by atoms with Crippen LogP contribution in [0.15, 0.2) is 39.2 Å². The molecule has 4 heteroatoms. The third-order valence-electron chi connectivity index (χ3n) is 3.24. The summed E-state index contributed by atoms with van der Waals surface area (Å²) in [6, 6.07) is 10.1. The second kappa shape index (κ2) is 8.37. The van der Waals surface area contributed by atoms with Gasteiger partial charge >= 0.3 is 0 Å². The number of hydrogen-bond donors (Lipinski definition) is 1. The number of nitrogens with one attached hydrogen (secondary N) is 1. The fraction of sp³-hybridized carbons (Fsp3) is 0.412. The summed E-state index contributed by atoms with van der Waals surface area (Å²) in [7, 11) is 0. The van der Waals surface area contributed by atoms with Crippen molar-refractivity contribution in [3.63, 3.8) is 0 Å². The Bertz CT molecular complexity index is 566. The maximum atomic E-state index is 5.83. The van der Waals surface area contributed by atoms with E-state index in [4.69, 9.17) is 9.15 Å². The van der Waals surface area contributed by atoms with E-state index < -0.39 is 0 Å². The van der Waals surface area contributed by atoms with Crippen molar-refractivity contribution in [2.75, 3.05) is 6.54 Å². The maximum Gasteiger partial charge on any atom is 0.130 e. The second-order valence-electron chi connectivity index (χ2n) is 5.08. The van der Waals surface area contributed by atoms with Gasteiger partial charge in [-0.05, 0) is 43.1 Å². The zero-order valence-electron chi connectivity index (χ0n) is 12.6. The topological polar surface area (TPSA) is 34.4 Å². The molecule has 21 heavy (non-hydrogen) atoms. The van der Waals surface area contributed by atoms with Gasteiger partial charge < -0.3 is 14.5 Å². The van der Waals surface area contributed by atoms with Crippen LogP contribution in [0.3, 0.4) is 0 Å². The van der Waals surface area contributed by atoms with Gasteiger partial charge in [-0.15, -0.1) is 0 Å². The Balaban J connectivity index is 1.83. The lowest BCUT2D eigenvalue weighted by Crippen LogP contribution is -2.13. The number of hydrogen-bond acceptors (Lipinski definition) is 3. The minimum atomic E-state index is 0.496. The molecule has 0 aliphatic carbocycles. The Hall–Kier alpha value is -1.10. The van der Waals surface area contributed by atoms with Gasteiger partial charge in [0.2, 0.25) is 0 Å². The first-order valence-electron chi connectivity index (χ1n) is 7.30. The van der Waals surface area contributed by atoms with Crippen molar-refractivity contribution in [2.45, 2.75) is 40.0 Å². The van der Waals surface area contributed by atoms with Crippen molar-refractivity contribution in [1.82, 2.24) is 5.32 Å². The second-order valence-corrected chi connectivity index (χ2v) is 5.93. The third kappa shape index (κ3) is 4.99. The van der Waals surface area contributed by atoms with E-state index in [0.717, 1.165) is 41.1 Å². The molecule has 1 N–H and O–H groups in total. The van der Waals surface area contributed by atoms with Crippen molar-refractivity contribution >= 4 is 15.9 Å². The Morgan fingerprint density at radius 1 is 1.24 bits per heavy atom. The van der Waals surface area contributed by atoms with Gasteiger partial charge in [0.25, 0.3) is 0 Å². The minimum absolute atomic E-state index is 0.496. The van der Waals surface area contributed by atoms with Gasteiger partial charge in [0.05, 0.1) is 13.2 Å². The van der Waals surface area contributed by atoms with Crippen LogP contribution >= 0.6 is 15.9 Å². The first-order valence-corrected chi connectivity index (χ1v) is 8.10. The molecule has 0 amide bonds. The molecular weight excluding hydrogens is 330 g/mol. The number of ether oxygens (including phenoxy) is 1. The summed E-state index contributed by atoms with van der Waals surface area (Å²) in [5, 5.41) is 3.35. The summed E-state index contributed by atoms with van der Waals surface area (Å²) in [5.41, 5.74) is 2.32. The zero-order valence-corrected chi connectivity index (χ0v) is 14.2. The smallest absolute Gasteiger partial charge is 0.130 e. The van der Waals surface area contributed by atoms with E-state index in [9.17, 15) is 0 Å². The average Bonchev–Trinajstić information content (AvgIpc) is 2.82. The molecule has 0 saturated carbocycles. The standard InChI is InChI=1S/C17H22BrNO2/c1-3-8-19-10-17-13(2)9-15(21-17)12-20-11-14-6-4-5-7-16(14)18/h4-7,9,19H,3,8,10-12H2,1-2H3. The quantitative estimate of drug-likeness (QED) is 0.707. The summed E-state index contributed by atoms with van der Waals surface area (Å²) < 4.78 is 12.6. The van der Waals surface area contributed by atoms with Gasteiger partial charge in [-0.2, -0.15) is 0 Å². The van der Waals surface area contributed by atoms with Crippen LogP contribution in [0.25, 0.3) is 0 Å². The first-order chi connectivity index (χ1) is 10.2. The summed E-state index contributed by atoms with van der Waals surface area (Å²) in [6.07, 6.45) is 1.13. The highest BCUT2D eigenvalue weighted by Gasteiger charge is 2.08. The molecule has 0 radical (unpaired) electrons. The highest BCUT2D eigenvalue weighted by atomic mass is 79.9. The predicted molar refractivity (Wildman–Crippen MR) is 88.1 cm³/mol. The summed E-state index contributed by atoms with van der Waals surface area (Å²) in [4.78, 5) is 0. The van der Waals surface area contributed by atoms with E-state index in [2.05, 4.69) is 47.2 Å². The lowest BCUT2D eigenvalue weighted by molar-refractivity contribution is 0.0916. The van der Waals surface area contributed by atoms with Gasteiger partial charge in [-0.3, -0.25) is 0 Å². The van der Waals surface area contributed by atoms with Crippen molar-refractivity contribution in [3.05, 3.63) is 57.5 Å². The summed E-state index contributed by atoms with van der Waals surface area (Å²) in [5.74, 6) is 1.88. The van der Waals surface area contributed by atoms with Gasteiger partial charge in [-0.1, -0.05) is 41.1 Å². The molecule has 0 spiro atoms. The van der Waals surface area contributed by atoms with Crippen LogP contribution < -0.4 is 5.32 Å². The van der Waals surface area contributed by atoms with Crippen molar-refractivity contribution in [2.24, 2.45) is 0 Å². The largest absolute Gasteiger partial charge is 0.462 e. The molecule has 0 unspecified atom stereocenters. The molecule has 114 valence electrons. The highest BCUT2D eigenvalue weighted by molar-refractivity contribution is 9.10. The van der Waals surface area contributed by atoms with E-state index in [1.807, 2.05) is 18.2 Å². The normalized spacial score (nSPS) is 11.0. The van der Waals surface area contributed by atoms with Crippen LogP contribution in [0.2, 0.25) is 0 Å². The molecule has 1 aromatic carbocycles. The third-order valence-corrected chi connectivity index (χ3v) is 4.02. The molecule has 0 saturated heterocycles. The number of benzene rings is 1. The molecule has 2 rings (SSSR count). The Morgan fingerprint density at radius 2 is 2.05 bits per heavy atom. The fourth-order valence-electron chi connectivity index (χ4n) is 2.09. The Morgan fingerprint density at radius 3 is 2.81 bits per heavy atom. The first kappa shape index (κ1) is 16.3. The fourth-order valence-corrected chi connectivity index (χ4v) is 2.49. The van der Waals surface area contributed by atoms with Gasteiger partial charge in [0, 0.05) is 4.47 Å². The molecule has 0 aliphatic heterocycles. The molecule has 1 heterocycles. The highest BCUT2D eigenvalue weighted by Crippen LogP contribution is 2.19. The Labute approximate surface area is 134 Å². The average molecular weight is 352 g/mol. The van der Waals surface area contributed by atoms with Crippen molar-refractivity contribution in [1.29, 1.82) is 0 Å². The van der Waals surface area contributed by atoms with Crippen molar-refractivity contribution < 1.29 is 9.15 Å². The molecule has 0 fully saturated rings. The lowest BCUT2D eigenvalue weighted by atomic mass is 10.2. The number of aryl methyl sites for hydroxylation is 1.